The van der Waals surface area contributed by atoms with Crippen LogP contribution in [0.4, 0.5) is 17.3 Å². The van der Waals surface area contributed by atoms with Gasteiger partial charge in [-0.3, -0.25) is 4.79 Å². The fourth-order valence-corrected chi connectivity index (χ4v) is 2.15. The van der Waals surface area contributed by atoms with Gasteiger partial charge in [0, 0.05) is 12.1 Å². The number of anilines is 3. The maximum absolute atomic E-state index is 11.5. The van der Waals surface area contributed by atoms with Crippen LogP contribution in [-0.4, -0.2) is 16.1 Å². The third kappa shape index (κ3) is 4.28. The molecule has 0 aliphatic carbocycles. The van der Waals surface area contributed by atoms with E-state index in [1.54, 1.807) is 6.07 Å². The van der Waals surface area contributed by atoms with E-state index in [1.807, 2.05) is 31.2 Å². The Hall–Kier alpha value is -2.43. The van der Waals surface area contributed by atoms with Gasteiger partial charge in [0.15, 0.2) is 11.6 Å². The summed E-state index contributed by atoms with van der Waals surface area (Å²) in [6, 6.07) is 11.7. The number of nitrogens with zero attached hydrogens (tertiary/aromatic N) is 2. The lowest BCUT2D eigenvalue weighted by Crippen LogP contribution is -2.12. The second kappa shape index (κ2) is 7.54. The Bertz CT molecular complexity index is 623. The van der Waals surface area contributed by atoms with Crippen molar-refractivity contribution in [3.8, 4) is 0 Å². The summed E-state index contributed by atoms with van der Waals surface area (Å²) in [5.41, 5.74) is 2.25. The molecule has 2 rings (SSSR count). The number of benzene rings is 1. The Morgan fingerprint density at radius 3 is 2.41 bits per heavy atom. The molecule has 0 aliphatic rings. The first-order chi connectivity index (χ1) is 10.6. The molecule has 1 amide bonds. The van der Waals surface area contributed by atoms with Crippen molar-refractivity contribution in [1.29, 1.82) is 0 Å². The molecule has 2 aromatic rings. The third-order valence-corrected chi connectivity index (χ3v) is 3.25. The van der Waals surface area contributed by atoms with Gasteiger partial charge in [0.1, 0.15) is 0 Å². The predicted molar refractivity (Wildman–Crippen MR) is 89.4 cm³/mol. The topological polar surface area (TPSA) is 66.9 Å². The van der Waals surface area contributed by atoms with Crippen LogP contribution in [0.5, 0.6) is 0 Å². The zero-order chi connectivity index (χ0) is 15.9. The van der Waals surface area contributed by atoms with Gasteiger partial charge < -0.3 is 10.6 Å². The van der Waals surface area contributed by atoms with Gasteiger partial charge >= 0.3 is 0 Å². The van der Waals surface area contributed by atoms with Crippen molar-refractivity contribution >= 4 is 23.2 Å². The molecule has 1 heterocycles. The Labute approximate surface area is 131 Å². The van der Waals surface area contributed by atoms with Crippen molar-refractivity contribution in [3.63, 3.8) is 0 Å². The van der Waals surface area contributed by atoms with Gasteiger partial charge in [-0.15, -0.1) is 10.2 Å². The van der Waals surface area contributed by atoms with E-state index in [4.69, 9.17) is 0 Å². The molecule has 0 radical (unpaired) electrons. The Kier molecular flexibility index (Phi) is 5.47. The quantitative estimate of drug-likeness (QED) is 0.843. The second-order valence-corrected chi connectivity index (χ2v) is 5.47. The summed E-state index contributed by atoms with van der Waals surface area (Å²) in [4.78, 5) is 11.5. The average molecular weight is 298 g/mol. The van der Waals surface area contributed by atoms with Crippen LogP contribution in [0.3, 0.4) is 0 Å². The van der Waals surface area contributed by atoms with Crippen molar-refractivity contribution < 1.29 is 4.79 Å². The summed E-state index contributed by atoms with van der Waals surface area (Å²) in [5, 5.41) is 14.1. The van der Waals surface area contributed by atoms with Crippen LogP contribution in [0.15, 0.2) is 36.4 Å². The van der Waals surface area contributed by atoms with Gasteiger partial charge in [0.2, 0.25) is 5.91 Å². The van der Waals surface area contributed by atoms with E-state index < -0.39 is 0 Å². The number of para-hydroxylation sites is 1. The fraction of sp³-hybridized carbons (Fsp3) is 0.353. The molecule has 2 N–H and O–H groups in total. The van der Waals surface area contributed by atoms with E-state index in [0.717, 1.165) is 12.1 Å². The highest BCUT2D eigenvalue weighted by Crippen LogP contribution is 2.26. The maximum atomic E-state index is 11.5. The lowest BCUT2D eigenvalue weighted by Gasteiger charge is -2.13. The van der Waals surface area contributed by atoms with Crippen LogP contribution in [-0.2, 0) is 4.79 Å². The number of carbonyl (C=O) groups is 1. The van der Waals surface area contributed by atoms with Crippen molar-refractivity contribution in [2.75, 3.05) is 10.6 Å². The summed E-state index contributed by atoms with van der Waals surface area (Å²) in [7, 11) is 0. The minimum absolute atomic E-state index is 0.0392. The molecular formula is C17H22N4O. The van der Waals surface area contributed by atoms with Crippen molar-refractivity contribution in [3.05, 3.63) is 42.0 Å². The van der Waals surface area contributed by atoms with E-state index in [0.29, 0.717) is 24.0 Å². The average Bonchev–Trinajstić information content (AvgIpc) is 2.50. The van der Waals surface area contributed by atoms with Gasteiger partial charge in [-0.2, -0.15) is 0 Å². The van der Waals surface area contributed by atoms with E-state index in [-0.39, 0.29) is 5.91 Å². The first-order valence-electron chi connectivity index (χ1n) is 7.59. The third-order valence-electron chi connectivity index (χ3n) is 3.25. The Balaban J connectivity index is 2.07. The zero-order valence-corrected chi connectivity index (χ0v) is 13.3. The molecule has 1 aromatic heterocycles. The van der Waals surface area contributed by atoms with Gasteiger partial charge in [-0.25, -0.2) is 0 Å². The maximum Gasteiger partial charge on any atom is 0.225 e. The van der Waals surface area contributed by atoms with Gasteiger partial charge in [0.25, 0.3) is 0 Å². The summed E-state index contributed by atoms with van der Waals surface area (Å²) in [5.74, 6) is 1.51. The van der Waals surface area contributed by atoms with Crippen LogP contribution >= 0.6 is 0 Å². The largest absolute Gasteiger partial charge is 0.338 e. The summed E-state index contributed by atoms with van der Waals surface area (Å²) >= 11 is 0. The lowest BCUT2D eigenvalue weighted by molar-refractivity contribution is -0.116. The van der Waals surface area contributed by atoms with Gasteiger partial charge in [-0.1, -0.05) is 39.0 Å². The minimum Gasteiger partial charge on any atom is -0.338 e. The second-order valence-electron chi connectivity index (χ2n) is 5.47. The molecule has 0 aliphatic heterocycles. The molecule has 0 unspecified atom stereocenters. The molecule has 0 bridgehead atoms. The summed E-state index contributed by atoms with van der Waals surface area (Å²) in [6.07, 6.45) is 1.30. The van der Waals surface area contributed by atoms with Crippen LogP contribution in [0.25, 0.3) is 0 Å². The van der Waals surface area contributed by atoms with Gasteiger partial charge in [-0.05, 0) is 36.1 Å². The molecule has 5 nitrogen and oxygen atoms in total. The zero-order valence-electron chi connectivity index (χ0n) is 13.3. The summed E-state index contributed by atoms with van der Waals surface area (Å²) in [6.45, 7) is 6.27. The molecule has 0 fully saturated rings. The van der Waals surface area contributed by atoms with E-state index in [9.17, 15) is 4.79 Å². The molecule has 0 saturated carbocycles. The molecule has 22 heavy (non-hydrogen) atoms. The Morgan fingerprint density at radius 2 is 1.77 bits per heavy atom. The molecular weight excluding hydrogens is 276 g/mol. The molecule has 5 heteroatoms. The molecule has 0 spiro atoms. The smallest absolute Gasteiger partial charge is 0.225 e. The van der Waals surface area contributed by atoms with Crippen LogP contribution in [0.2, 0.25) is 0 Å². The first kappa shape index (κ1) is 15.9. The number of hydrogen-bond donors (Lipinski definition) is 2. The molecule has 1 aromatic carbocycles. The number of amides is 1. The Morgan fingerprint density at radius 1 is 1.09 bits per heavy atom. The standard InChI is InChI=1S/C17H22N4O/c1-4-7-17(22)19-16-11-10-15(20-21-16)18-14-9-6-5-8-13(14)12(2)3/h5-6,8-12H,4,7H2,1-3H3,(H,18,20)(H,19,21,22). The van der Waals surface area contributed by atoms with Gasteiger partial charge in [0.05, 0.1) is 0 Å². The van der Waals surface area contributed by atoms with Crippen molar-refractivity contribution in [1.82, 2.24) is 10.2 Å². The number of aromatic nitrogens is 2. The number of nitrogens with one attached hydrogen (secondary N) is 2. The number of carbonyl (C=O) groups excluding carboxylic acids is 1. The van der Waals surface area contributed by atoms with Crippen molar-refractivity contribution in [2.24, 2.45) is 0 Å². The number of hydrogen-bond acceptors (Lipinski definition) is 4. The molecule has 0 atom stereocenters. The summed E-state index contributed by atoms with van der Waals surface area (Å²) < 4.78 is 0. The monoisotopic (exact) mass is 298 g/mol. The highest BCUT2D eigenvalue weighted by atomic mass is 16.1. The van der Waals surface area contributed by atoms with Crippen LogP contribution in [0, 0.1) is 0 Å². The number of rotatable bonds is 6. The highest BCUT2D eigenvalue weighted by Gasteiger charge is 2.07. The lowest BCUT2D eigenvalue weighted by atomic mass is 10.0. The predicted octanol–water partition coefficient (Wildman–Crippen LogP) is 4.08. The van der Waals surface area contributed by atoms with E-state index in [2.05, 4.69) is 40.7 Å². The fourth-order valence-electron chi connectivity index (χ4n) is 2.15. The normalized spacial score (nSPS) is 10.5. The first-order valence-corrected chi connectivity index (χ1v) is 7.59. The van der Waals surface area contributed by atoms with E-state index >= 15 is 0 Å². The molecule has 0 saturated heterocycles. The highest BCUT2D eigenvalue weighted by molar-refractivity contribution is 5.89. The van der Waals surface area contributed by atoms with Crippen LogP contribution < -0.4 is 10.6 Å². The van der Waals surface area contributed by atoms with Crippen molar-refractivity contribution in [2.45, 2.75) is 39.5 Å². The molecule has 116 valence electrons. The minimum atomic E-state index is -0.0392. The SMILES string of the molecule is CCCC(=O)Nc1ccc(Nc2ccccc2C(C)C)nn1. The van der Waals surface area contributed by atoms with E-state index in [1.165, 1.54) is 5.56 Å². The van der Waals surface area contributed by atoms with Crippen LogP contribution in [0.1, 0.15) is 45.1 Å².